The number of benzene rings is 4. The zero-order valence-electron chi connectivity index (χ0n) is 21.3. The summed E-state index contributed by atoms with van der Waals surface area (Å²) in [5, 5.41) is 2.17. The van der Waals surface area contributed by atoms with Gasteiger partial charge in [0.25, 0.3) is 0 Å². The largest absolute Gasteiger partial charge is 0.310 e. The molecule has 0 aliphatic rings. The molecule has 4 aromatic carbocycles. The number of rotatable bonds is 2. The monoisotopic (exact) mass is 453 g/mol. The lowest BCUT2D eigenvalue weighted by atomic mass is 9.61. The highest BCUT2D eigenvalue weighted by atomic mass is 15.0. The third kappa shape index (κ3) is 4.39. The van der Waals surface area contributed by atoms with Crippen LogP contribution in [-0.2, 0) is 0 Å². The summed E-state index contributed by atoms with van der Waals surface area (Å²) in [6, 6.07) is 21.0. The van der Waals surface area contributed by atoms with Gasteiger partial charge in [-0.25, -0.2) is 0 Å². The fourth-order valence-corrected chi connectivity index (χ4v) is 4.39. The van der Waals surface area contributed by atoms with Crippen molar-refractivity contribution in [3.8, 4) is 16.8 Å². The van der Waals surface area contributed by atoms with E-state index in [1.54, 1.807) is 0 Å². The van der Waals surface area contributed by atoms with Crippen molar-refractivity contribution in [2.75, 3.05) is 0 Å². The predicted octanol–water partition coefficient (Wildman–Crippen LogP) is 2.62. The number of aryl methyl sites for hydroxylation is 2. The number of fused-ring (bicyclic) bond motifs is 3. The van der Waals surface area contributed by atoms with Crippen LogP contribution in [0.2, 0.25) is 0 Å². The smallest absolute Gasteiger partial charge is 0.115 e. The molecule has 0 fully saturated rings. The van der Waals surface area contributed by atoms with Crippen LogP contribution in [0.1, 0.15) is 25.0 Å². The topological polar surface area (TPSA) is 4.93 Å². The third-order valence-electron chi connectivity index (χ3n) is 6.74. The first-order valence-electron chi connectivity index (χ1n) is 11.9. The van der Waals surface area contributed by atoms with Gasteiger partial charge in [0.1, 0.15) is 39.2 Å². The van der Waals surface area contributed by atoms with Gasteiger partial charge >= 0.3 is 0 Å². The molecule has 0 saturated carbocycles. The summed E-state index contributed by atoms with van der Waals surface area (Å²) < 4.78 is 2.02. The van der Waals surface area contributed by atoms with Crippen molar-refractivity contribution in [2.24, 2.45) is 0 Å². The molecule has 0 aliphatic carbocycles. The second kappa shape index (κ2) is 10.4. The molecule has 0 saturated heterocycles. The van der Waals surface area contributed by atoms with Crippen LogP contribution in [0, 0.1) is 13.8 Å². The predicted molar refractivity (Wildman–Crippen MR) is 163 cm³/mol. The van der Waals surface area contributed by atoms with E-state index in [9.17, 15) is 0 Å². The van der Waals surface area contributed by atoms with Crippen molar-refractivity contribution in [1.29, 1.82) is 0 Å². The molecule has 36 heavy (non-hydrogen) atoms. The molecule has 1 heterocycles. The van der Waals surface area contributed by atoms with Crippen molar-refractivity contribution in [2.45, 2.75) is 27.7 Å². The van der Waals surface area contributed by atoms with E-state index < -0.39 is 0 Å². The Labute approximate surface area is 221 Å². The molecule has 5 rings (SSSR count). The normalized spacial score (nSPS) is 11.2. The Hall–Kier alpha value is -3.26. The fraction of sp³-hybridized carbons (Fsp3) is 0.133. The van der Waals surface area contributed by atoms with Gasteiger partial charge in [-0.3, -0.25) is 0 Å². The summed E-state index contributed by atoms with van der Waals surface area (Å²) >= 11 is 0. The standard InChI is InChI=1S/C26H16B5N.C4H8/c1-13-7-8-15(11-14(13)2)16-9-10-20-18(12-16)17-5-3-4-6-19(17)32(20)26-24(30)22(28)21(27)23(29)25(26)31;1-3-4-2/h3-12H,1-2H3;3-4H,1-2H3/b;4-3-. The van der Waals surface area contributed by atoms with E-state index in [-0.39, 0.29) is 16.4 Å². The summed E-state index contributed by atoms with van der Waals surface area (Å²) in [5.41, 5.74) is 8.64. The van der Waals surface area contributed by atoms with Crippen LogP contribution >= 0.6 is 0 Å². The van der Waals surface area contributed by atoms with E-state index in [2.05, 4.69) is 56.3 Å². The Balaban J connectivity index is 0.000000709. The third-order valence-corrected chi connectivity index (χ3v) is 6.74. The van der Waals surface area contributed by atoms with Crippen LogP contribution in [0.4, 0.5) is 0 Å². The molecular weight excluding hydrogens is 428 g/mol. The molecule has 1 nitrogen and oxygen atoms in total. The van der Waals surface area contributed by atoms with Gasteiger partial charge < -0.3 is 4.57 Å². The zero-order valence-corrected chi connectivity index (χ0v) is 21.3. The van der Waals surface area contributed by atoms with Gasteiger partial charge in [-0.1, -0.05) is 65.5 Å². The second-order valence-corrected chi connectivity index (χ2v) is 8.97. The van der Waals surface area contributed by atoms with E-state index in [0.29, 0.717) is 16.6 Å². The summed E-state index contributed by atoms with van der Waals surface area (Å²) in [7, 11) is 31.2. The quantitative estimate of drug-likeness (QED) is 0.287. The first-order chi connectivity index (χ1) is 17.2. The van der Waals surface area contributed by atoms with E-state index in [1.165, 1.54) is 16.7 Å². The molecule has 6 heteroatoms. The Morgan fingerprint density at radius 3 is 1.69 bits per heavy atom. The molecule has 10 radical (unpaired) electrons. The summed E-state index contributed by atoms with van der Waals surface area (Å²) in [5.74, 6) is 0. The molecule has 0 unspecified atom stereocenters. The number of hydrogen-bond donors (Lipinski definition) is 0. The maximum absolute atomic E-state index is 6.42. The molecule has 0 amide bonds. The fourth-order valence-electron chi connectivity index (χ4n) is 4.39. The molecule has 0 spiro atoms. The number of nitrogens with zero attached hydrogens (tertiary/aromatic N) is 1. The number of para-hydroxylation sites is 1. The Morgan fingerprint density at radius 1 is 0.556 bits per heavy atom. The highest BCUT2D eigenvalue weighted by Crippen LogP contribution is 2.34. The van der Waals surface area contributed by atoms with Gasteiger partial charge in [0, 0.05) is 16.5 Å². The van der Waals surface area contributed by atoms with Gasteiger partial charge in [0.05, 0.1) is 11.0 Å². The summed E-state index contributed by atoms with van der Waals surface area (Å²) in [4.78, 5) is 0. The van der Waals surface area contributed by atoms with Gasteiger partial charge in [-0.15, -0.1) is 16.4 Å². The van der Waals surface area contributed by atoms with Crippen molar-refractivity contribution < 1.29 is 0 Å². The maximum Gasteiger partial charge on any atom is 0.115 e. The van der Waals surface area contributed by atoms with Crippen molar-refractivity contribution >= 4 is 88.4 Å². The van der Waals surface area contributed by atoms with Crippen molar-refractivity contribution in [3.63, 3.8) is 0 Å². The molecule has 0 bridgehead atoms. The number of hydrogen-bond acceptors (Lipinski definition) is 0. The van der Waals surface area contributed by atoms with Crippen LogP contribution in [0.15, 0.2) is 72.8 Å². The lowest BCUT2D eigenvalue weighted by molar-refractivity contribution is 1.21. The molecule has 5 aromatic rings. The highest BCUT2D eigenvalue weighted by Gasteiger charge is 2.18. The lowest BCUT2D eigenvalue weighted by Gasteiger charge is -2.23. The molecule has 0 N–H and O–H groups in total. The molecule has 0 atom stereocenters. The van der Waals surface area contributed by atoms with Crippen LogP contribution in [0.25, 0.3) is 38.6 Å². The minimum atomic E-state index is 0.210. The summed E-state index contributed by atoms with van der Waals surface area (Å²) in [6.45, 7) is 8.25. The number of aromatic nitrogens is 1. The lowest BCUT2D eigenvalue weighted by Crippen LogP contribution is -2.56. The van der Waals surface area contributed by atoms with E-state index in [4.69, 9.17) is 39.2 Å². The van der Waals surface area contributed by atoms with Gasteiger partial charge in [-0.2, -0.15) is 0 Å². The molecule has 0 aliphatic heterocycles. The first-order valence-corrected chi connectivity index (χ1v) is 11.9. The number of allylic oxidation sites excluding steroid dienone is 2. The molecular formula is C30H24B5N. The highest BCUT2D eigenvalue weighted by molar-refractivity contribution is 6.68. The average Bonchev–Trinajstić information content (AvgIpc) is 3.22. The Morgan fingerprint density at radius 2 is 1.08 bits per heavy atom. The minimum Gasteiger partial charge on any atom is -0.310 e. The Bertz CT molecular complexity index is 1600. The second-order valence-electron chi connectivity index (χ2n) is 8.97. The molecule has 1 aromatic heterocycles. The molecule has 164 valence electrons. The van der Waals surface area contributed by atoms with E-state index in [1.807, 2.05) is 48.8 Å². The van der Waals surface area contributed by atoms with E-state index >= 15 is 0 Å². The van der Waals surface area contributed by atoms with Crippen LogP contribution in [0.3, 0.4) is 0 Å². The van der Waals surface area contributed by atoms with Crippen molar-refractivity contribution in [3.05, 3.63) is 83.9 Å². The average molecular weight is 453 g/mol. The first kappa shape index (κ1) is 25.8. The van der Waals surface area contributed by atoms with Crippen molar-refractivity contribution in [1.82, 2.24) is 4.57 Å². The SMILES string of the molecule is C/C=C\C.[B]c1c([B])c([B])c(-n2c3ccccc3c3cc(-c4ccc(C)c(C)c4)ccc32)c([B])c1[B]. The minimum absolute atomic E-state index is 0.210. The van der Waals surface area contributed by atoms with E-state index in [0.717, 1.165) is 27.4 Å². The Kier molecular flexibility index (Phi) is 7.45. The van der Waals surface area contributed by atoms with Crippen LogP contribution in [-0.4, -0.2) is 43.8 Å². The maximum atomic E-state index is 6.42. The van der Waals surface area contributed by atoms with Gasteiger partial charge in [0.2, 0.25) is 0 Å². The summed E-state index contributed by atoms with van der Waals surface area (Å²) in [6.07, 6.45) is 4.00. The van der Waals surface area contributed by atoms with Crippen LogP contribution in [0.5, 0.6) is 0 Å². The van der Waals surface area contributed by atoms with Gasteiger partial charge in [0.15, 0.2) is 0 Å². The zero-order chi connectivity index (χ0) is 26.1. The van der Waals surface area contributed by atoms with Crippen LogP contribution < -0.4 is 27.3 Å². The van der Waals surface area contributed by atoms with Gasteiger partial charge in [-0.05, 0) is 68.1 Å².